The van der Waals surface area contributed by atoms with Crippen LogP contribution in [-0.2, 0) is 9.53 Å². The summed E-state index contributed by atoms with van der Waals surface area (Å²) >= 11 is 0. The molecular formula is C14H25N3O2. The first-order chi connectivity index (χ1) is 9.24. The van der Waals surface area contributed by atoms with Crippen molar-refractivity contribution in [3.05, 3.63) is 0 Å². The Morgan fingerprint density at radius 3 is 2.95 bits per heavy atom. The number of ether oxygens (including phenoxy) is 1. The quantitative estimate of drug-likeness (QED) is 0.723. The van der Waals surface area contributed by atoms with Gasteiger partial charge in [-0.15, -0.1) is 0 Å². The molecule has 3 N–H and O–H groups in total. The minimum atomic E-state index is -0.205. The maximum Gasteiger partial charge on any atom is 0.234 e. The van der Waals surface area contributed by atoms with Crippen LogP contribution in [0.3, 0.4) is 0 Å². The molecule has 3 fully saturated rings. The van der Waals surface area contributed by atoms with Gasteiger partial charge in [0, 0.05) is 25.2 Å². The topological polar surface area (TPSA) is 67.6 Å². The first-order valence-electron chi connectivity index (χ1n) is 7.65. The lowest BCUT2D eigenvalue weighted by Gasteiger charge is -2.38. The summed E-state index contributed by atoms with van der Waals surface area (Å²) in [6.45, 7) is 2.78. The lowest BCUT2D eigenvalue weighted by molar-refractivity contribution is -0.120. The smallest absolute Gasteiger partial charge is 0.234 e. The molecule has 1 amide bonds. The van der Waals surface area contributed by atoms with E-state index in [9.17, 15) is 4.79 Å². The SMILES string of the molecule is NC(=O)C(CCN1CCOC2CCCC21)NC1CC1. The number of carbonyl (C=O) groups is 1. The van der Waals surface area contributed by atoms with Crippen LogP contribution in [0.15, 0.2) is 0 Å². The van der Waals surface area contributed by atoms with Crippen LogP contribution in [0.2, 0.25) is 0 Å². The monoisotopic (exact) mass is 267 g/mol. The second-order valence-corrected chi connectivity index (χ2v) is 6.13. The lowest BCUT2D eigenvalue weighted by atomic mass is 10.1. The molecule has 0 spiro atoms. The summed E-state index contributed by atoms with van der Waals surface area (Å²) in [6, 6.07) is 0.944. The predicted molar refractivity (Wildman–Crippen MR) is 72.7 cm³/mol. The summed E-state index contributed by atoms with van der Waals surface area (Å²) < 4.78 is 5.81. The standard InChI is InChI=1S/C14H25N3O2/c15-14(18)11(16-10-4-5-10)6-7-17-8-9-19-13-3-1-2-12(13)17/h10-13,16H,1-9H2,(H2,15,18). The van der Waals surface area contributed by atoms with E-state index in [4.69, 9.17) is 10.5 Å². The van der Waals surface area contributed by atoms with Gasteiger partial charge < -0.3 is 15.8 Å². The summed E-state index contributed by atoms with van der Waals surface area (Å²) in [5, 5.41) is 3.36. The Morgan fingerprint density at radius 2 is 2.21 bits per heavy atom. The van der Waals surface area contributed by atoms with Crippen LogP contribution >= 0.6 is 0 Å². The molecule has 2 aliphatic carbocycles. The molecule has 0 aromatic rings. The van der Waals surface area contributed by atoms with E-state index in [-0.39, 0.29) is 11.9 Å². The molecule has 108 valence electrons. The minimum Gasteiger partial charge on any atom is -0.375 e. The maximum absolute atomic E-state index is 11.5. The Hall–Kier alpha value is -0.650. The van der Waals surface area contributed by atoms with Gasteiger partial charge in [-0.3, -0.25) is 9.69 Å². The van der Waals surface area contributed by atoms with Crippen LogP contribution in [0.1, 0.15) is 38.5 Å². The van der Waals surface area contributed by atoms with Gasteiger partial charge in [-0.25, -0.2) is 0 Å². The van der Waals surface area contributed by atoms with Gasteiger partial charge in [0.05, 0.1) is 18.8 Å². The maximum atomic E-state index is 11.5. The van der Waals surface area contributed by atoms with Gasteiger partial charge >= 0.3 is 0 Å². The predicted octanol–water partition coefficient (Wildman–Crippen LogP) is 0.236. The van der Waals surface area contributed by atoms with Crippen molar-refractivity contribution in [2.45, 2.75) is 62.8 Å². The van der Waals surface area contributed by atoms with Gasteiger partial charge in [0.2, 0.25) is 5.91 Å². The number of hydrogen-bond acceptors (Lipinski definition) is 4. The molecule has 19 heavy (non-hydrogen) atoms. The summed E-state index contributed by atoms with van der Waals surface area (Å²) in [6.07, 6.45) is 7.33. The molecule has 0 radical (unpaired) electrons. The number of nitrogens with zero attached hydrogens (tertiary/aromatic N) is 1. The van der Waals surface area contributed by atoms with E-state index in [0.29, 0.717) is 18.2 Å². The fourth-order valence-electron chi connectivity index (χ4n) is 3.42. The van der Waals surface area contributed by atoms with E-state index in [0.717, 1.165) is 26.1 Å². The highest BCUT2D eigenvalue weighted by molar-refractivity contribution is 5.79. The zero-order valence-corrected chi connectivity index (χ0v) is 11.5. The normalized spacial score (nSPS) is 33.1. The highest BCUT2D eigenvalue weighted by atomic mass is 16.5. The molecule has 3 rings (SSSR count). The van der Waals surface area contributed by atoms with E-state index in [1.54, 1.807) is 0 Å². The Kier molecular flexibility index (Phi) is 4.05. The van der Waals surface area contributed by atoms with Crippen molar-refractivity contribution in [1.82, 2.24) is 10.2 Å². The van der Waals surface area contributed by atoms with Gasteiger partial charge in [-0.2, -0.15) is 0 Å². The van der Waals surface area contributed by atoms with Crippen molar-refractivity contribution in [2.75, 3.05) is 19.7 Å². The van der Waals surface area contributed by atoms with E-state index in [1.807, 2.05) is 0 Å². The molecule has 3 atom stereocenters. The van der Waals surface area contributed by atoms with Gasteiger partial charge in [-0.1, -0.05) is 0 Å². The molecule has 3 aliphatic rings. The minimum absolute atomic E-state index is 0.157. The molecule has 5 nitrogen and oxygen atoms in total. The first-order valence-corrected chi connectivity index (χ1v) is 7.65. The van der Waals surface area contributed by atoms with Crippen LogP contribution in [0.25, 0.3) is 0 Å². The number of primary amides is 1. The molecule has 1 aliphatic heterocycles. The Morgan fingerprint density at radius 1 is 1.37 bits per heavy atom. The zero-order valence-electron chi connectivity index (χ0n) is 11.5. The van der Waals surface area contributed by atoms with Crippen LogP contribution in [0.4, 0.5) is 0 Å². The number of rotatable bonds is 6. The third-order valence-electron chi connectivity index (χ3n) is 4.66. The van der Waals surface area contributed by atoms with E-state index < -0.39 is 0 Å². The van der Waals surface area contributed by atoms with Crippen LogP contribution in [0, 0.1) is 0 Å². The van der Waals surface area contributed by atoms with Gasteiger partial charge in [0.1, 0.15) is 0 Å². The molecular weight excluding hydrogens is 242 g/mol. The van der Waals surface area contributed by atoms with Crippen LogP contribution in [0.5, 0.6) is 0 Å². The number of hydrogen-bond donors (Lipinski definition) is 2. The van der Waals surface area contributed by atoms with Gasteiger partial charge in [0.15, 0.2) is 0 Å². The summed E-state index contributed by atoms with van der Waals surface area (Å²) in [5.74, 6) is -0.205. The van der Waals surface area contributed by atoms with Crippen molar-refractivity contribution < 1.29 is 9.53 Å². The van der Waals surface area contributed by atoms with E-state index in [2.05, 4.69) is 10.2 Å². The fraction of sp³-hybridized carbons (Fsp3) is 0.929. The average Bonchev–Trinajstić information content (AvgIpc) is 3.08. The number of nitrogens with one attached hydrogen (secondary N) is 1. The summed E-state index contributed by atoms with van der Waals surface area (Å²) in [4.78, 5) is 14.0. The molecule has 1 saturated heterocycles. The second-order valence-electron chi connectivity index (χ2n) is 6.13. The number of amides is 1. The average molecular weight is 267 g/mol. The van der Waals surface area contributed by atoms with Crippen molar-refractivity contribution in [3.63, 3.8) is 0 Å². The fourth-order valence-corrected chi connectivity index (χ4v) is 3.42. The van der Waals surface area contributed by atoms with Crippen molar-refractivity contribution in [3.8, 4) is 0 Å². The number of morpholine rings is 1. The molecule has 3 unspecified atom stereocenters. The molecule has 0 bridgehead atoms. The lowest BCUT2D eigenvalue weighted by Crippen LogP contribution is -2.51. The number of carbonyl (C=O) groups excluding carboxylic acids is 1. The Labute approximate surface area is 114 Å². The van der Waals surface area contributed by atoms with E-state index in [1.165, 1.54) is 32.1 Å². The summed E-state index contributed by atoms with van der Waals surface area (Å²) in [5.41, 5.74) is 5.49. The molecule has 2 saturated carbocycles. The highest BCUT2D eigenvalue weighted by Crippen LogP contribution is 2.29. The first kappa shape index (κ1) is 13.3. The van der Waals surface area contributed by atoms with Gasteiger partial charge in [0.25, 0.3) is 0 Å². The van der Waals surface area contributed by atoms with E-state index >= 15 is 0 Å². The highest BCUT2D eigenvalue weighted by Gasteiger charge is 2.36. The van der Waals surface area contributed by atoms with Crippen molar-refractivity contribution >= 4 is 5.91 Å². The van der Waals surface area contributed by atoms with Crippen molar-refractivity contribution in [2.24, 2.45) is 5.73 Å². The van der Waals surface area contributed by atoms with Gasteiger partial charge in [-0.05, 0) is 38.5 Å². The zero-order chi connectivity index (χ0) is 13.2. The Bertz CT molecular complexity index is 333. The molecule has 0 aromatic carbocycles. The molecule has 0 aromatic heterocycles. The third kappa shape index (κ3) is 3.27. The third-order valence-corrected chi connectivity index (χ3v) is 4.66. The number of nitrogens with two attached hydrogens (primary N) is 1. The van der Waals surface area contributed by atoms with Crippen LogP contribution < -0.4 is 11.1 Å². The van der Waals surface area contributed by atoms with Crippen LogP contribution in [-0.4, -0.2) is 54.7 Å². The molecule has 1 heterocycles. The second kappa shape index (κ2) is 5.77. The summed E-state index contributed by atoms with van der Waals surface area (Å²) in [7, 11) is 0. The molecule has 5 heteroatoms. The largest absolute Gasteiger partial charge is 0.375 e. The van der Waals surface area contributed by atoms with Crippen molar-refractivity contribution in [1.29, 1.82) is 0 Å². The number of fused-ring (bicyclic) bond motifs is 1. The Balaban J connectivity index is 1.50.